The van der Waals surface area contributed by atoms with E-state index < -0.39 is 40.1 Å². The summed E-state index contributed by atoms with van der Waals surface area (Å²) < 4.78 is -0.776. The van der Waals surface area contributed by atoms with Gasteiger partial charge in [0.15, 0.2) is 0 Å². The predicted octanol–water partition coefficient (Wildman–Crippen LogP) is -4.86. The molecule has 1 amide bonds. The van der Waals surface area contributed by atoms with Gasteiger partial charge in [0.25, 0.3) is 0 Å². The number of amides is 1. The fourth-order valence-corrected chi connectivity index (χ4v) is 4.05. The van der Waals surface area contributed by atoms with Crippen LogP contribution in [0.3, 0.4) is 0 Å². The average Bonchev–Trinajstić information content (AvgIpc) is 2.81. The first-order valence-corrected chi connectivity index (χ1v) is 8.27. The summed E-state index contributed by atoms with van der Waals surface area (Å²) in [6.07, 6.45) is 0.0231. The number of thioether (sulfide) groups is 1. The Morgan fingerprint density at radius 2 is 1.88 bits per heavy atom. The Hall–Kier alpha value is -1.06. The van der Waals surface area contributed by atoms with Crippen molar-refractivity contribution in [1.82, 2.24) is 10.6 Å². The van der Waals surface area contributed by atoms with Crippen LogP contribution < -0.4 is 50.4 Å². The number of nitrogens with one attached hydrogen (secondary N) is 2. The van der Waals surface area contributed by atoms with Crippen LogP contribution in [0.4, 0.5) is 0 Å². The van der Waals surface area contributed by atoms with Crippen molar-refractivity contribution in [3.63, 3.8) is 0 Å². The zero-order valence-electron chi connectivity index (χ0n) is 15.3. The standard InChI is InChI=1S/C16H20N2O5S.Na/c1-16(2)12(15(22)23)18-13(24-16)11(14(20)21)17-10(19)8-9-6-4-3-5-7-9;/h3-7,11-13,18H,8H2,1-2H3,(H,17,19)(H,20,21)(H,22,23);/q;+1/p-1/t11-,12-,13+;/m0./s1. The first-order chi connectivity index (χ1) is 11.2. The minimum Gasteiger partial charge on any atom is -0.548 e. The first kappa shape index (κ1) is 22.0. The molecule has 1 aromatic carbocycles. The van der Waals surface area contributed by atoms with E-state index in [0.717, 1.165) is 17.3 Å². The van der Waals surface area contributed by atoms with Crippen LogP contribution in [0.5, 0.6) is 0 Å². The largest absolute Gasteiger partial charge is 1.00 e. The van der Waals surface area contributed by atoms with E-state index in [2.05, 4.69) is 10.6 Å². The number of hydrogen-bond acceptors (Lipinski definition) is 7. The number of aliphatic carboxylic acids is 2. The van der Waals surface area contributed by atoms with Crippen LogP contribution in [0, 0.1) is 0 Å². The van der Waals surface area contributed by atoms with E-state index in [-0.39, 0.29) is 37.4 Å². The van der Waals surface area contributed by atoms with Gasteiger partial charge in [-0.2, -0.15) is 0 Å². The molecule has 9 heteroatoms. The Balaban J connectivity index is 0.00000312. The number of carbonyl (C=O) groups is 3. The summed E-state index contributed by atoms with van der Waals surface area (Å²) in [6.45, 7) is 3.34. The van der Waals surface area contributed by atoms with Gasteiger partial charge in [-0.25, -0.2) is 0 Å². The van der Waals surface area contributed by atoms with Gasteiger partial charge in [0.2, 0.25) is 5.91 Å². The molecule has 0 aliphatic carbocycles. The van der Waals surface area contributed by atoms with E-state index >= 15 is 0 Å². The summed E-state index contributed by atoms with van der Waals surface area (Å²) in [5.74, 6) is -3.27. The van der Waals surface area contributed by atoms with Crippen LogP contribution in [0.15, 0.2) is 30.3 Å². The van der Waals surface area contributed by atoms with Gasteiger partial charge in [-0.1, -0.05) is 30.3 Å². The number of carboxylic acids is 2. The monoisotopic (exact) mass is 374 g/mol. The van der Waals surface area contributed by atoms with E-state index in [0.29, 0.717) is 0 Å². The molecule has 1 aliphatic rings. The number of hydrogen-bond donors (Lipinski definition) is 2. The fourth-order valence-electron chi connectivity index (χ4n) is 2.57. The Kier molecular flexibility index (Phi) is 7.95. The molecule has 2 rings (SSSR count). The van der Waals surface area contributed by atoms with Gasteiger partial charge in [0, 0.05) is 4.75 Å². The van der Waals surface area contributed by atoms with Crippen molar-refractivity contribution in [2.24, 2.45) is 0 Å². The van der Waals surface area contributed by atoms with Gasteiger partial charge >= 0.3 is 31.0 Å². The Morgan fingerprint density at radius 3 is 2.36 bits per heavy atom. The van der Waals surface area contributed by atoms with Gasteiger partial charge in [0.1, 0.15) is 0 Å². The zero-order chi connectivity index (χ0) is 17.9. The van der Waals surface area contributed by atoms with Crippen molar-refractivity contribution in [2.75, 3.05) is 0 Å². The smallest absolute Gasteiger partial charge is 0.548 e. The third-order valence-electron chi connectivity index (χ3n) is 3.77. The molecule has 1 heterocycles. The minimum absolute atomic E-state index is 0. The summed E-state index contributed by atoms with van der Waals surface area (Å²) in [6, 6.07) is 6.50. The molecular formula is C16H19N2NaO5S. The quantitative estimate of drug-likeness (QED) is 0.479. The normalized spacial score (nSPS) is 22.5. The van der Waals surface area contributed by atoms with Crippen LogP contribution in [0.2, 0.25) is 0 Å². The number of benzene rings is 1. The van der Waals surface area contributed by atoms with Crippen molar-refractivity contribution >= 4 is 29.6 Å². The van der Waals surface area contributed by atoms with Gasteiger partial charge in [-0.15, -0.1) is 11.8 Å². The van der Waals surface area contributed by atoms with Gasteiger partial charge < -0.3 is 25.1 Å². The molecule has 3 atom stereocenters. The molecule has 0 spiro atoms. The Morgan fingerprint density at radius 1 is 1.28 bits per heavy atom. The molecule has 1 aromatic rings. The number of carbonyl (C=O) groups excluding carboxylic acids is 3. The summed E-state index contributed by atoms with van der Waals surface area (Å²) in [4.78, 5) is 34.7. The molecule has 1 fully saturated rings. The minimum atomic E-state index is -1.48. The van der Waals surface area contributed by atoms with Gasteiger partial charge in [-0.05, 0) is 19.4 Å². The summed E-state index contributed by atoms with van der Waals surface area (Å²) in [5.41, 5.74) is 0.743. The summed E-state index contributed by atoms with van der Waals surface area (Å²) in [7, 11) is 0. The molecular weight excluding hydrogens is 355 g/mol. The third-order valence-corrected chi connectivity index (χ3v) is 5.28. The molecule has 0 bridgehead atoms. The summed E-state index contributed by atoms with van der Waals surface area (Å²) in [5, 5.41) is 26.9. The Bertz CT molecular complexity index is 647. The van der Waals surface area contributed by atoms with Crippen LogP contribution in [-0.4, -0.2) is 40.1 Å². The van der Waals surface area contributed by atoms with E-state index in [4.69, 9.17) is 0 Å². The van der Waals surface area contributed by atoms with E-state index in [1.54, 1.807) is 38.1 Å². The second kappa shape index (κ2) is 9.05. The molecule has 2 N–H and O–H groups in total. The van der Waals surface area contributed by atoms with Gasteiger partial charge in [0.05, 0.1) is 35.8 Å². The second-order valence-corrected chi connectivity index (χ2v) is 7.88. The first-order valence-electron chi connectivity index (χ1n) is 7.39. The molecule has 130 valence electrons. The van der Waals surface area contributed by atoms with E-state index in [9.17, 15) is 24.6 Å². The third kappa shape index (κ3) is 5.72. The van der Waals surface area contributed by atoms with Crippen LogP contribution in [0.25, 0.3) is 0 Å². The maximum atomic E-state index is 12.1. The molecule has 0 unspecified atom stereocenters. The molecule has 7 nitrogen and oxygen atoms in total. The summed E-state index contributed by atoms with van der Waals surface area (Å²) >= 11 is 1.12. The van der Waals surface area contributed by atoms with Crippen molar-refractivity contribution in [1.29, 1.82) is 0 Å². The van der Waals surface area contributed by atoms with E-state index in [1.165, 1.54) is 0 Å². The SMILES string of the molecule is CC1(C)S[C@H]([C@H](NC(=O)Cc2ccccc2)C(=O)[O-])N[C@H]1C(=O)[O-].[H+].[Na+]. The van der Waals surface area contributed by atoms with E-state index in [1.807, 2.05) is 6.07 Å². The van der Waals surface area contributed by atoms with Crippen molar-refractivity contribution < 1.29 is 55.6 Å². The van der Waals surface area contributed by atoms with Crippen LogP contribution in [-0.2, 0) is 20.8 Å². The number of rotatable bonds is 6. The van der Waals surface area contributed by atoms with Gasteiger partial charge in [-0.3, -0.25) is 10.1 Å². The fraction of sp³-hybridized carbons (Fsp3) is 0.438. The zero-order valence-corrected chi connectivity index (χ0v) is 17.1. The Labute approximate surface area is 173 Å². The van der Waals surface area contributed by atoms with Crippen molar-refractivity contribution in [2.45, 2.75) is 42.5 Å². The molecule has 0 radical (unpaired) electrons. The molecule has 0 aromatic heterocycles. The van der Waals surface area contributed by atoms with Crippen LogP contribution >= 0.6 is 11.8 Å². The molecule has 0 saturated carbocycles. The maximum Gasteiger partial charge on any atom is 1.00 e. The molecule has 1 aliphatic heterocycles. The predicted molar refractivity (Wildman–Crippen MR) is 85.6 cm³/mol. The molecule has 25 heavy (non-hydrogen) atoms. The van der Waals surface area contributed by atoms with Crippen LogP contribution in [0.1, 0.15) is 20.8 Å². The number of carboxylic acid groups (broad SMARTS) is 2. The maximum absolute atomic E-state index is 12.1. The second-order valence-electron chi connectivity index (χ2n) is 6.09. The molecule has 1 saturated heterocycles. The van der Waals surface area contributed by atoms with Crippen molar-refractivity contribution in [3.05, 3.63) is 35.9 Å². The average molecular weight is 374 g/mol. The van der Waals surface area contributed by atoms with Crippen molar-refractivity contribution in [3.8, 4) is 0 Å². The topological polar surface area (TPSA) is 121 Å².